The average molecular weight is 366 g/mol. The van der Waals surface area contributed by atoms with Crippen LogP contribution in [0.4, 0.5) is 4.39 Å². The zero-order valence-corrected chi connectivity index (χ0v) is 14.8. The molecule has 1 N–H and O–H groups in total. The number of halogens is 1. The van der Waals surface area contributed by atoms with Crippen LogP contribution >= 0.6 is 23.1 Å². The smallest absolute Gasteiger partial charge is 0.226 e. The first kappa shape index (κ1) is 17.4. The first-order chi connectivity index (χ1) is 11.7. The number of aromatic nitrogens is 1. The van der Waals surface area contributed by atoms with Crippen molar-refractivity contribution in [3.8, 4) is 0 Å². The molecule has 24 heavy (non-hydrogen) atoms. The van der Waals surface area contributed by atoms with Gasteiger partial charge in [-0.1, -0.05) is 23.9 Å². The van der Waals surface area contributed by atoms with Crippen molar-refractivity contribution >= 4 is 29.0 Å². The van der Waals surface area contributed by atoms with Gasteiger partial charge in [-0.2, -0.15) is 0 Å². The second-order valence-corrected chi connectivity index (χ2v) is 7.72. The first-order valence-electron chi connectivity index (χ1n) is 7.89. The number of ether oxygens (including phenoxy) is 1. The fourth-order valence-electron chi connectivity index (χ4n) is 2.42. The van der Waals surface area contributed by atoms with Crippen molar-refractivity contribution in [2.75, 3.05) is 13.2 Å². The summed E-state index contributed by atoms with van der Waals surface area (Å²) >= 11 is 3.12. The number of rotatable bonds is 7. The third kappa shape index (κ3) is 5.29. The maximum atomic E-state index is 12.9. The monoisotopic (exact) mass is 366 g/mol. The van der Waals surface area contributed by atoms with E-state index >= 15 is 0 Å². The van der Waals surface area contributed by atoms with Crippen LogP contribution in [0.15, 0.2) is 34.0 Å². The summed E-state index contributed by atoms with van der Waals surface area (Å²) in [5.41, 5.74) is 1.83. The van der Waals surface area contributed by atoms with Crippen LogP contribution in [0.25, 0.3) is 0 Å². The Hall–Kier alpha value is -1.44. The second-order valence-electron chi connectivity index (χ2n) is 5.64. The van der Waals surface area contributed by atoms with Crippen LogP contribution in [-0.2, 0) is 21.7 Å². The number of hydrogen-bond donors (Lipinski definition) is 1. The molecular formula is C17H19FN2O2S2. The molecule has 128 valence electrons. The normalized spacial score (nSPS) is 17.1. The molecule has 3 rings (SSSR count). The summed E-state index contributed by atoms with van der Waals surface area (Å²) in [5, 5.41) is 4.82. The molecule has 1 saturated heterocycles. The molecule has 7 heteroatoms. The quantitative estimate of drug-likeness (QED) is 0.763. The van der Waals surface area contributed by atoms with Crippen LogP contribution in [0.5, 0.6) is 0 Å². The molecule has 1 aromatic carbocycles. The minimum atomic E-state index is -0.227. The topological polar surface area (TPSA) is 51.2 Å². The summed E-state index contributed by atoms with van der Waals surface area (Å²) in [6.45, 7) is 1.37. The van der Waals surface area contributed by atoms with Gasteiger partial charge in [0.15, 0.2) is 0 Å². The molecule has 2 heterocycles. The summed E-state index contributed by atoms with van der Waals surface area (Å²) in [6, 6.07) is 6.47. The van der Waals surface area contributed by atoms with Crippen molar-refractivity contribution < 1.29 is 13.9 Å². The number of nitrogens with zero attached hydrogens (tertiary/aromatic N) is 1. The third-order valence-electron chi connectivity index (χ3n) is 3.70. The minimum Gasteiger partial charge on any atom is -0.376 e. The number of thioether (sulfide) groups is 1. The summed E-state index contributed by atoms with van der Waals surface area (Å²) in [7, 11) is 0. The predicted molar refractivity (Wildman–Crippen MR) is 93.8 cm³/mol. The Morgan fingerprint density at radius 1 is 1.42 bits per heavy atom. The molecular weight excluding hydrogens is 347 g/mol. The third-order valence-corrected chi connectivity index (χ3v) is 5.84. The Labute approximate surface area is 148 Å². The van der Waals surface area contributed by atoms with E-state index in [1.165, 1.54) is 23.5 Å². The van der Waals surface area contributed by atoms with Gasteiger partial charge in [0.1, 0.15) is 10.2 Å². The zero-order valence-electron chi connectivity index (χ0n) is 13.2. The number of amides is 1. The Morgan fingerprint density at radius 2 is 2.25 bits per heavy atom. The Morgan fingerprint density at radius 3 is 3.00 bits per heavy atom. The second kappa shape index (κ2) is 8.60. The Kier molecular flexibility index (Phi) is 6.23. The van der Waals surface area contributed by atoms with Crippen molar-refractivity contribution in [2.45, 2.75) is 35.5 Å². The highest BCUT2D eigenvalue weighted by Gasteiger charge is 2.16. The van der Waals surface area contributed by atoms with E-state index in [4.69, 9.17) is 4.74 Å². The Balaban J connectivity index is 1.42. The lowest BCUT2D eigenvalue weighted by Gasteiger charge is -2.09. The maximum absolute atomic E-state index is 12.9. The standard InChI is InChI=1S/C17H19FN2O2S2/c18-13-5-3-12(4-6-13)10-23-17-20-14(11-24-17)8-16(21)19-9-15-2-1-7-22-15/h3-6,11,15H,1-2,7-10H2,(H,19,21). The highest BCUT2D eigenvalue weighted by atomic mass is 32.2. The molecule has 1 unspecified atom stereocenters. The van der Waals surface area contributed by atoms with Gasteiger partial charge in [0, 0.05) is 24.3 Å². The number of nitrogens with one attached hydrogen (secondary N) is 1. The van der Waals surface area contributed by atoms with E-state index in [2.05, 4.69) is 10.3 Å². The number of carbonyl (C=O) groups is 1. The van der Waals surface area contributed by atoms with E-state index in [9.17, 15) is 9.18 Å². The zero-order chi connectivity index (χ0) is 16.8. The SMILES string of the molecule is O=C(Cc1csc(SCc2ccc(F)cc2)n1)NCC1CCCO1. The average Bonchev–Trinajstić information content (AvgIpc) is 3.24. The van der Waals surface area contributed by atoms with E-state index in [-0.39, 0.29) is 17.8 Å². The summed E-state index contributed by atoms with van der Waals surface area (Å²) in [4.78, 5) is 16.4. The van der Waals surface area contributed by atoms with Crippen LogP contribution in [0.3, 0.4) is 0 Å². The summed E-state index contributed by atoms with van der Waals surface area (Å²) in [6.07, 6.45) is 2.54. The Bertz CT molecular complexity index is 669. The van der Waals surface area contributed by atoms with Crippen LogP contribution in [0, 0.1) is 5.82 Å². The molecule has 4 nitrogen and oxygen atoms in total. The lowest BCUT2D eigenvalue weighted by Crippen LogP contribution is -2.32. The fraction of sp³-hybridized carbons (Fsp3) is 0.412. The van der Waals surface area contributed by atoms with Gasteiger partial charge in [-0.25, -0.2) is 9.37 Å². The molecule has 0 radical (unpaired) electrons. The fourth-order valence-corrected chi connectivity index (χ4v) is 4.22. The van der Waals surface area contributed by atoms with Crippen LogP contribution in [0.1, 0.15) is 24.1 Å². The number of thiazole rings is 1. The van der Waals surface area contributed by atoms with Crippen molar-refractivity contribution in [1.29, 1.82) is 0 Å². The highest BCUT2D eigenvalue weighted by molar-refractivity contribution is 8.00. The van der Waals surface area contributed by atoms with Crippen molar-refractivity contribution in [3.63, 3.8) is 0 Å². The minimum absolute atomic E-state index is 0.0223. The van der Waals surface area contributed by atoms with E-state index in [0.717, 1.165) is 40.8 Å². The molecule has 0 aliphatic carbocycles. The molecule has 1 amide bonds. The van der Waals surface area contributed by atoms with Gasteiger partial charge in [0.25, 0.3) is 0 Å². The molecule has 1 aliphatic heterocycles. The van der Waals surface area contributed by atoms with E-state index in [1.807, 2.05) is 5.38 Å². The van der Waals surface area contributed by atoms with Gasteiger partial charge in [0.05, 0.1) is 18.2 Å². The van der Waals surface area contributed by atoms with Gasteiger partial charge in [-0.15, -0.1) is 11.3 Å². The van der Waals surface area contributed by atoms with Crippen molar-refractivity contribution in [2.24, 2.45) is 0 Å². The molecule has 0 spiro atoms. The first-order valence-corrected chi connectivity index (χ1v) is 9.75. The van der Waals surface area contributed by atoms with Gasteiger partial charge in [-0.3, -0.25) is 4.79 Å². The summed E-state index contributed by atoms with van der Waals surface area (Å²) in [5.74, 6) is 0.485. The van der Waals surface area contributed by atoms with Gasteiger partial charge in [-0.05, 0) is 30.5 Å². The number of benzene rings is 1. The molecule has 0 bridgehead atoms. The largest absolute Gasteiger partial charge is 0.376 e. The number of hydrogen-bond acceptors (Lipinski definition) is 5. The lowest BCUT2D eigenvalue weighted by atomic mass is 10.2. The van der Waals surface area contributed by atoms with Crippen LogP contribution in [-0.4, -0.2) is 30.1 Å². The molecule has 1 fully saturated rings. The molecule has 0 saturated carbocycles. The van der Waals surface area contributed by atoms with Crippen LogP contribution in [0.2, 0.25) is 0 Å². The molecule has 2 aromatic rings. The molecule has 1 aliphatic rings. The van der Waals surface area contributed by atoms with Crippen LogP contribution < -0.4 is 5.32 Å². The molecule has 1 atom stereocenters. The lowest BCUT2D eigenvalue weighted by molar-refractivity contribution is -0.121. The summed E-state index contributed by atoms with van der Waals surface area (Å²) < 4.78 is 19.3. The van der Waals surface area contributed by atoms with Crippen molar-refractivity contribution in [1.82, 2.24) is 10.3 Å². The van der Waals surface area contributed by atoms with Crippen molar-refractivity contribution in [3.05, 3.63) is 46.7 Å². The van der Waals surface area contributed by atoms with Gasteiger partial charge >= 0.3 is 0 Å². The van der Waals surface area contributed by atoms with Gasteiger partial charge in [0.2, 0.25) is 5.91 Å². The van der Waals surface area contributed by atoms with E-state index < -0.39 is 0 Å². The van der Waals surface area contributed by atoms with Gasteiger partial charge < -0.3 is 10.1 Å². The number of carbonyl (C=O) groups excluding carboxylic acids is 1. The van der Waals surface area contributed by atoms with E-state index in [0.29, 0.717) is 13.0 Å². The maximum Gasteiger partial charge on any atom is 0.226 e. The predicted octanol–water partition coefficient (Wildman–Crippen LogP) is 3.41. The highest BCUT2D eigenvalue weighted by Crippen LogP contribution is 2.26. The van der Waals surface area contributed by atoms with E-state index in [1.54, 1.807) is 23.9 Å². The molecule has 1 aromatic heterocycles.